The van der Waals surface area contributed by atoms with Crippen molar-refractivity contribution in [2.24, 2.45) is 5.73 Å². The molecule has 78 valence electrons. The van der Waals surface area contributed by atoms with Crippen molar-refractivity contribution in [2.45, 2.75) is 6.04 Å². The van der Waals surface area contributed by atoms with Gasteiger partial charge in [0.1, 0.15) is 17.6 Å². The molecule has 1 aromatic carbocycles. The second-order valence-corrected chi connectivity index (χ2v) is 2.52. The van der Waals surface area contributed by atoms with Crippen LogP contribution in [0, 0.1) is 5.82 Å². The van der Waals surface area contributed by atoms with Gasteiger partial charge in [-0.1, -0.05) is 6.07 Å². The maximum atomic E-state index is 13.0. The lowest BCUT2D eigenvalue weighted by Gasteiger charge is -2.07. The van der Waals surface area contributed by atoms with Crippen molar-refractivity contribution in [3.63, 3.8) is 0 Å². The standard InChI is InChI=1S/C8H8FNO3.ClH/c9-6-3-4(11)1-2-5(6)7(10)8(12)13;/h1-3,7,11H,10H2,(H,12,13);1H. The van der Waals surface area contributed by atoms with E-state index in [2.05, 4.69) is 0 Å². The second kappa shape index (κ2) is 4.78. The summed E-state index contributed by atoms with van der Waals surface area (Å²) in [5, 5.41) is 17.3. The highest BCUT2D eigenvalue weighted by molar-refractivity contribution is 5.85. The Morgan fingerprint density at radius 3 is 2.50 bits per heavy atom. The summed E-state index contributed by atoms with van der Waals surface area (Å²) >= 11 is 0. The van der Waals surface area contributed by atoms with Crippen LogP contribution in [0.3, 0.4) is 0 Å². The van der Waals surface area contributed by atoms with Crippen LogP contribution in [0.4, 0.5) is 4.39 Å². The highest BCUT2D eigenvalue weighted by atomic mass is 35.5. The summed E-state index contributed by atoms with van der Waals surface area (Å²) in [6, 6.07) is 1.74. The van der Waals surface area contributed by atoms with E-state index in [1.165, 1.54) is 6.07 Å². The van der Waals surface area contributed by atoms with E-state index in [0.717, 1.165) is 12.1 Å². The molecule has 1 rings (SSSR count). The zero-order valence-electron chi connectivity index (χ0n) is 6.98. The molecule has 14 heavy (non-hydrogen) atoms. The average Bonchev–Trinajstić information content (AvgIpc) is 2.03. The van der Waals surface area contributed by atoms with E-state index in [4.69, 9.17) is 15.9 Å². The maximum absolute atomic E-state index is 13.0. The van der Waals surface area contributed by atoms with Crippen molar-refractivity contribution in [3.05, 3.63) is 29.6 Å². The Morgan fingerprint density at radius 1 is 1.50 bits per heavy atom. The van der Waals surface area contributed by atoms with Crippen LogP contribution in [0.5, 0.6) is 5.75 Å². The van der Waals surface area contributed by atoms with Gasteiger partial charge >= 0.3 is 5.97 Å². The molecule has 0 aliphatic rings. The van der Waals surface area contributed by atoms with Crippen molar-refractivity contribution < 1.29 is 19.4 Å². The van der Waals surface area contributed by atoms with Crippen LogP contribution in [0.2, 0.25) is 0 Å². The van der Waals surface area contributed by atoms with Crippen molar-refractivity contribution in [2.75, 3.05) is 0 Å². The Labute approximate surface area is 85.6 Å². The fourth-order valence-corrected chi connectivity index (χ4v) is 0.901. The molecule has 0 heterocycles. The van der Waals surface area contributed by atoms with Gasteiger partial charge in [0.05, 0.1) is 0 Å². The summed E-state index contributed by atoms with van der Waals surface area (Å²) in [6.07, 6.45) is 0. The molecule has 0 fully saturated rings. The van der Waals surface area contributed by atoms with Gasteiger partial charge in [-0.2, -0.15) is 0 Å². The average molecular weight is 222 g/mol. The lowest BCUT2D eigenvalue weighted by molar-refractivity contribution is -0.138. The molecule has 1 atom stereocenters. The van der Waals surface area contributed by atoms with Crippen LogP contribution in [-0.4, -0.2) is 16.2 Å². The molecule has 0 radical (unpaired) electrons. The van der Waals surface area contributed by atoms with Gasteiger partial charge in [0.15, 0.2) is 0 Å². The number of benzene rings is 1. The Hall–Kier alpha value is -1.33. The number of nitrogens with two attached hydrogens (primary N) is 1. The van der Waals surface area contributed by atoms with Gasteiger partial charge in [0.2, 0.25) is 0 Å². The normalized spacial score (nSPS) is 11.6. The Morgan fingerprint density at radius 2 is 2.07 bits per heavy atom. The fourth-order valence-electron chi connectivity index (χ4n) is 0.901. The van der Waals surface area contributed by atoms with Crippen LogP contribution < -0.4 is 5.73 Å². The number of halogens is 2. The number of phenolic OH excluding ortho intramolecular Hbond substituents is 1. The van der Waals surface area contributed by atoms with Gasteiger partial charge < -0.3 is 15.9 Å². The molecule has 0 aliphatic heterocycles. The number of aliphatic carboxylic acids is 1. The van der Waals surface area contributed by atoms with Gasteiger partial charge in [-0.3, -0.25) is 4.79 Å². The molecule has 4 N–H and O–H groups in total. The third kappa shape index (κ3) is 2.58. The van der Waals surface area contributed by atoms with Gasteiger partial charge in [-0.15, -0.1) is 12.4 Å². The topological polar surface area (TPSA) is 83.6 Å². The van der Waals surface area contributed by atoms with Crippen LogP contribution >= 0.6 is 12.4 Å². The molecule has 0 aromatic heterocycles. The summed E-state index contributed by atoms with van der Waals surface area (Å²) in [5.41, 5.74) is 5.02. The predicted octanol–water partition coefficient (Wildman–Crippen LogP) is 1.04. The first kappa shape index (κ1) is 12.7. The summed E-state index contributed by atoms with van der Waals surface area (Å²) in [7, 11) is 0. The number of hydrogen-bond acceptors (Lipinski definition) is 3. The first-order valence-electron chi connectivity index (χ1n) is 3.49. The molecule has 0 amide bonds. The van der Waals surface area contributed by atoms with E-state index < -0.39 is 17.8 Å². The number of rotatable bonds is 2. The highest BCUT2D eigenvalue weighted by Gasteiger charge is 2.18. The smallest absolute Gasteiger partial charge is 0.325 e. The van der Waals surface area contributed by atoms with E-state index in [1.807, 2.05) is 0 Å². The first-order valence-corrected chi connectivity index (χ1v) is 3.49. The molecule has 0 aliphatic carbocycles. The molecule has 6 heteroatoms. The largest absolute Gasteiger partial charge is 0.508 e. The molecule has 4 nitrogen and oxygen atoms in total. The molecule has 1 aromatic rings. The fraction of sp³-hybridized carbons (Fsp3) is 0.125. The number of aromatic hydroxyl groups is 1. The van der Waals surface area contributed by atoms with E-state index in [1.54, 1.807) is 0 Å². The third-order valence-corrected chi connectivity index (χ3v) is 1.59. The van der Waals surface area contributed by atoms with Crippen LogP contribution in [0.25, 0.3) is 0 Å². The molecule has 0 saturated heterocycles. The molecule has 0 spiro atoms. The van der Waals surface area contributed by atoms with Crippen molar-refractivity contribution in [3.8, 4) is 5.75 Å². The molecule has 0 saturated carbocycles. The summed E-state index contributed by atoms with van der Waals surface area (Å²) in [6.45, 7) is 0. The number of carboxylic acids is 1. The zero-order chi connectivity index (χ0) is 10.0. The van der Waals surface area contributed by atoms with Crippen molar-refractivity contribution >= 4 is 18.4 Å². The second-order valence-electron chi connectivity index (χ2n) is 2.52. The number of hydrogen-bond donors (Lipinski definition) is 3. The minimum Gasteiger partial charge on any atom is -0.508 e. The monoisotopic (exact) mass is 221 g/mol. The molecular formula is C8H9ClFNO3. The minimum atomic E-state index is -1.40. The van der Waals surface area contributed by atoms with Gasteiger partial charge in [-0.25, -0.2) is 4.39 Å². The Bertz CT molecular complexity index is 345. The Balaban J connectivity index is 0.00000169. The number of carboxylic acid groups (broad SMARTS) is 1. The summed E-state index contributed by atoms with van der Waals surface area (Å²) in [5.74, 6) is -2.40. The van der Waals surface area contributed by atoms with Crippen LogP contribution in [0.15, 0.2) is 18.2 Å². The van der Waals surface area contributed by atoms with E-state index in [9.17, 15) is 9.18 Å². The third-order valence-electron chi connectivity index (χ3n) is 1.59. The van der Waals surface area contributed by atoms with E-state index in [-0.39, 0.29) is 23.7 Å². The quantitative estimate of drug-likeness (QED) is 0.697. The van der Waals surface area contributed by atoms with E-state index >= 15 is 0 Å². The van der Waals surface area contributed by atoms with Crippen LogP contribution in [-0.2, 0) is 4.79 Å². The number of phenols is 1. The van der Waals surface area contributed by atoms with Gasteiger partial charge in [0, 0.05) is 11.6 Å². The predicted molar refractivity (Wildman–Crippen MR) is 49.9 cm³/mol. The van der Waals surface area contributed by atoms with Crippen molar-refractivity contribution in [1.82, 2.24) is 0 Å². The van der Waals surface area contributed by atoms with E-state index in [0.29, 0.717) is 0 Å². The SMILES string of the molecule is Cl.NC(C(=O)O)c1ccc(O)cc1F. The Kier molecular flexibility index (Phi) is 4.33. The van der Waals surface area contributed by atoms with Crippen LogP contribution in [0.1, 0.15) is 11.6 Å². The van der Waals surface area contributed by atoms with Gasteiger partial charge in [0.25, 0.3) is 0 Å². The summed E-state index contributed by atoms with van der Waals surface area (Å²) < 4.78 is 13.0. The zero-order valence-corrected chi connectivity index (χ0v) is 7.79. The van der Waals surface area contributed by atoms with Gasteiger partial charge in [-0.05, 0) is 6.07 Å². The minimum absolute atomic E-state index is 0. The summed E-state index contributed by atoms with van der Waals surface area (Å²) in [4.78, 5) is 10.4. The molecular weight excluding hydrogens is 213 g/mol. The maximum Gasteiger partial charge on any atom is 0.325 e. The number of carbonyl (C=O) groups is 1. The highest BCUT2D eigenvalue weighted by Crippen LogP contribution is 2.19. The molecule has 1 unspecified atom stereocenters. The molecule has 0 bridgehead atoms. The first-order chi connectivity index (χ1) is 6.02. The lowest BCUT2D eigenvalue weighted by atomic mass is 10.1. The lowest BCUT2D eigenvalue weighted by Crippen LogP contribution is -2.21. The van der Waals surface area contributed by atoms with Crippen molar-refractivity contribution in [1.29, 1.82) is 0 Å².